The molecule has 2 fully saturated rings. The first-order valence-corrected chi connectivity index (χ1v) is 5.63. The van der Waals surface area contributed by atoms with Crippen LogP contribution in [-0.2, 0) is 9.53 Å². The molecule has 0 heterocycles. The Morgan fingerprint density at radius 3 is 2.36 bits per heavy atom. The lowest BCUT2D eigenvalue weighted by Crippen LogP contribution is -2.60. The van der Waals surface area contributed by atoms with Gasteiger partial charge in [-0.15, -0.1) is 0 Å². The van der Waals surface area contributed by atoms with E-state index in [4.69, 9.17) is 4.74 Å². The molecular weight excluding hydrogens is 178 g/mol. The van der Waals surface area contributed by atoms with Crippen LogP contribution in [0.25, 0.3) is 0 Å². The standard InChI is InChI=1S/C11H19NO2/c1-14-10(13)11(7-4-8-11)12-9-5-2-3-6-9/h9,12H,2-8H2,1H3. The molecule has 80 valence electrons. The first kappa shape index (κ1) is 9.97. The van der Waals surface area contributed by atoms with Crippen molar-refractivity contribution in [3.8, 4) is 0 Å². The molecule has 2 aliphatic carbocycles. The van der Waals surface area contributed by atoms with E-state index in [1.165, 1.54) is 32.8 Å². The molecule has 3 heteroatoms. The maximum atomic E-state index is 11.6. The molecule has 2 aliphatic rings. The fourth-order valence-corrected chi connectivity index (χ4v) is 2.59. The van der Waals surface area contributed by atoms with E-state index in [0.29, 0.717) is 6.04 Å². The summed E-state index contributed by atoms with van der Waals surface area (Å²) >= 11 is 0. The molecule has 0 bridgehead atoms. The van der Waals surface area contributed by atoms with Gasteiger partial charge in [-0.3, -0.25) is 10.1 Å². The number of rotatable bonds is 3. The van der Waals surface area contributed by atoms with Crippen molar-refractivity contribution in [3.63, 3.8) is 0 Å². The van der Waals surface area contributed by atoms with Crippen LogP contribution in [-0.4, -0.2) is 24.7 Å². The predicted molar refractivity (Wildman–Crippen MR) is 54.0 cm³/mol. The first-order valence-electron chi connectivity index (χ1n) is 5.63. The SMILES string of the molecule is COC(=O)C1(NC2CCCC2)CCC1. The Morgan fingerprint density at radius 1 is 1.29 bits per heavy atom. The summed E-state index contributed by atoms with van der Waals surface area (Å²) in [6, 6.07) is 0.550. The van der Waals surface area contributed by atoms with E-state index in [9.17, 15) is 4.79 Å². The smallest absolute Gasteiger partial charge is 0.326 e. The van der Waals surface area contributed by atoms with Gasteiger partial charge in [0.15, 0.2) is 0 Å². The number of hydrogen-bond donors (Lipinski definition) is 1. The number of carbonyl (C=O) groups excluding carboxylic acids is 1. The van der Waals surface area contributed by atoms with Crippen molar-refractivity contribution in [1.82, 2.24) is 5.32 Å². The highest BCUT2D eigenvalue weighted by molar-refractivity contribution is 5.81. The van der Waals surface area contributed by atoms with Gasteiger partial charge >= 0.3 is 5.97 Å². The number of ether oxygens (including phenoxy) is 1. The van der Waals surface area contributed by atoms with Gasteiger partial charge in [0.05, 0.1) is 7.11 Å². The van der Waals surface area contributed by atoms with Gasteiger partial charge in [0.2, 0.25) is 0 Å². The van der Waals surface area contributed by atoms with Crippen LogP contribution in [0.15, 0.2) is 0 Å². The second-order valence-corrected chi connectivity index (χ2v) is 4.55. The van der Waals surface area contributed by atoms with Crippen molar-refractivity contribution < 1.29 is 9.53 Å². The van der Waals surface area contributed by atoms with Gasteiger partial charge in [-0.05, 0) is 32.1 Å². The zero-order valence-corrected chi connectivity index (χ0v) is 8.84. The number of esters is 1. The Kier molecular flexibility index (Phi) is 2.77. The second kappa shape index (κ2) is 3.89. The van der Waals surface area contributed by atoms with E-state index in [2.05, 4.69) is 5.32 Å². The van der Waals surface area contributed by atoms with Crippen LogP contribution < -0.4 is 5.32 Å². The monoisotopic (exact) mass is 197 g/mol. The molecule has 0 aromatic rings. The van der Waals surface area contributed by atoms with Crippen molar-refractivity contribution in [1.29, 1.82) is 0 Å². The van der Waals surface area contributed by atoms with E-state index in [0.717, 1.165) is 19.3 Å². The molecule has 0 radical (unpaired) electrons. The minimum atomic E-state index is -0.316. The van der Waals surface area contributed by atoms with Crippen LogP contribution in [0.5, 0.6) is 0 Å². The van der Waals surface area contributed by atoms with Gasteiger partial charge in [0.25, 0.3) is 0 Å². The molecule has 0 unspecified atom stereocenters. The Labute approximate surface area is 85.2 Å². The van der Waals surface area contributed by atoms with Crippen LogP contribution in [0.1, 0.15) is 44.9 Å². The van der Waals surface area contributed by atoms with Crippen molar-refractivity contribution in [2.75, 3.05) is 7.11 Å². The lowest BCUT2D eigenvalue weighted by molar-refractivity contribution is -0.153. The zero-order valence-electron chi connectivity index (χ0n) is 8.84. The molecule has 0 aromatic carbocycles. The molecule has 0 aromatic heterocycles. The molecule has 0 amide bonds. The van der Waals surface area contributed by atoms with E-state index >= 15 is 0 Å². The van der Waals surface area contributed by atoms with Gasteiger partial charge in [-0.2, -0.15) is 0 Å². The highest BCUT2D eigenvalue weighted by Crippen LogP contribution is 2.35. The molecule has 3 nitrogen and oxygen atoms in total. The van der Waals surface area contributed by atoms with Crippen LogP contribution in [0.3, 0.4) is 0 Å². The maximum Gasteiger partial charge on any atom is 0.326 e. The van der Waals surface area contributed by atoms with Gasteiger partial charge < -0.3 is 4.74 Å². The summed E-state index contributed by atoms with van der Waals surface area (Å²) in [5, 5.41) is 3.50. The minimum absolute atomic E-state index is 0.0596. The van der Waals surface area contributed by atoms with E-state index in [-0.39, 0.29) is 11.5 Å². The van der Waals surface area contributed by atoms with Crippen molar-refractivity contribution in [2.45, 2.75) is 56.5 Å². The topological polar surface area (TPSA) is 38.3 Å². The normalized spacial score (nSPS) is 25.8. The van der Waals surface area contributed by atoms with E-state index in [1.807, 2.05) is 0 Å². The first-order chi connectivity index (χ1) is 6.77. The highest BCUT2D eigenvalue weighted by Gasteiger charge is 2.46. The number of carbonyl (C=O) groups is 1. The fourth-order valence-electron chi connectivity index (χ4n) is 2.59. The Bertz CT molecular complexity index is 217. The Hall–Kier alpha value is -0.570. The summed E-state index contributed by atoms with van der Waals surface area (Å²) < 4.78 is 4.87. The molecular formula is C11H19NO2. The molecule has 2 saturated carbocycles. The van der Waals surface area contributed by atoms with E-state index in [1.54, 1.807) is 0 Å². The van der Waals surface area contributed by atoms with Gasteiger partial charge in [0, 0.05) is 6.04 Å². The summed E-state index contributed by atoms with van der Waals surface area (Å²) in [7, 11) is 1.48. The average Bonchev–Trinajstić information content (AvgIpc) is 2.62. The lowest BCUT2D eigenvalue weighted by atomic mass is 9.76. The summed E-state index contributed by atoms with van der Waals surface area (Å²) in [5.74, 6) is -0.0596. The fraction of sp³-hybridized carbons (Fsp3) is 0.909. The third-order valence-corrected chi connectivity index (χ3v) is 3.62. The molecule has 0 aliphatic heterocycles. The summed E-state index contributed by atoms with van der Waals surface area (Å²) in [6.07, 6.45) is 8.10. The molecule has 1 N–H and O–H groups in total. The Balaban J connectivity index is 1.94. The maximum absolute atomic E-state index is 11.6. The van der Waals surface area contributed by atoms with Gasteiger partial charge in [0.1, 0.15) is 5.54 Å². The van der Waals surface area contributed by atoms with Crippen LogP contribution >= 0.6 is 0 Å². The highest BCUT2D eigenvalue weighted by atomic mass is 16.5. The third kappa shape index (κ3) is 1.65. The summed E-state index contributed by atoms with van der Waals surface area (Å²) in [5.41, 5.74) is -0.316. The largest absolute Gasteiger partial charge is 0.468 e. The average molecular weight is 197 g/mol. The minimum Gasteiger partial charge on any atom is -0.468 e. The van der Waals surface area contributed by atoms with Crippen LogP contribution in [0.4, 0.5) is 0 Å². The number of methoxy groups -OCH3 is 1. The van der Waals surface area contributed by atoms with Crippen LogP contribution in [0.2, 0.25) is 0 Å². The van der Waals surface area contributed by atoms with E-state index < -0.39 is 0 Å². The second-order valence-electron chi connectivity index (χ2n) is 4.55. The number of nitrogens with one attached hydrogen (secondary N) is 1. The van der Waals surface area contributed by atoms with Gasteiger partial charge in [-0.25, -0.2) is 0 Å². The Morgan fingerprint density at radius 2 is 1.93 bits per heavy atom. The molecule has 0 spiro atoms. The van der Waals surface area contributed by atoms with Crippen molar-refractivity contribution in [2.24, 2.45) is 0 Å². The van der Waals surface area contributed by atoms with Crippen molar-refractivity contribution in [3.05, 3.63) is 0 Å². The predicted octanol–water partition coefficient (Wildman–Crippen LogP) is 1.61. The lowest BCUT2D eigenvalue weighted by Gasteiger charge is -2.41. The zero-order chi connectivity index (χ0) is 10.0. The van der Waals surface area contributed by atoms with Crippen LogP contribution in [0, 0.1) is 0 Å². The molecule has 2 rings (SSSR count). The summed E-state index contributed by atoms with van der Waals surface area (Å²) in [6.45, 7) is 0. The summed E-state index contributed by atoms with van der Waals surface area (Å²) in [4.78, 5) is 11.6. The van der Waals surface area contributed by atoms with Gasteiger partial charge in [-0.1, -0.05) is 12.8 Å². The number of hydrogen-bond acceptors (Lipinski definition) is 3. The molecule has 0 atom stereocenters. The quantitative estimate of drug-likeness (QED) is 0.699. The molecule has 0 saturated heterocycles. The molecule has 14 heavy (non-hydrogen) atoms. The van der Waals surface area contributed by atoms with Crippen molar-refractivity contribution >= 4 is 5.97 Å². The third-order valence-electron chi connectivity index (χ3n) is 3.62.